The molecule has 0 aromatic heterocycles. The summed E-state index contributed by atoms with van der Waals surface area (Å²) < 4.78 is 29.8. The van der Waals surface area contributed by atoms with Crippen LogP contribution in [0.25, 0.3) is 0 Å². The first-order chi connectivity index (χ1) is 22.7. The molecule has 6 fully saturated rings. The number of piperazine rings is 1. The number of hydrogen-bond acceptors (Lipinski definition) is 8. The van der Waals surface area contributed by atoms with Gasteiger partial charge in [-0.3, -0.25) is 19.8 Å². The van der Waals surface area contributed by atoms with Gasteiger partial charge < -0.3 is 10.2 Å². The van der Waals surface area contributed by atoms with Crippen molar-refractivity contribution in [2.45, 2.75) is 81.9 Å². The topological polar surface area (TPSA) is 125 Å². The summed E-state index contributed by atoms with van der Waals surface area (Å²) in [7, 11) is -4.43. The second-order valence-corrected chi connectivity index (χ2v) is 16.9. The fraction of sp³-hybridized carbons (Fsp3) is 0.639. The fourth-order valence-corrected chi connectivity index (χ4v) is 11.3. The van der Waals surface area contributed by atoms with Crippen LogP contribution >= 0.6 is 0 Å². The monoisotopic (exact) mass is 663 g/mol. The number of sulfonamides is 1. The van der Waals surface area contributed by atoms with Crippen LogP contribution in [0.15, 0.2) is 47.4 Å². The third kappa shape index (κ3) is 7.02. The van der Waals surface area contributed by atoms with E-state index in [4.69, 9.17) is 0 Å². The average Bonchev–Trinajstić information content (AvgIpc) is 3.06. The fourth-order valence-electron chi connectivity index (χ4n) is 10.1. The minimum Gasteiger partial charge on any atom is -0.379 e. The summed E-state index contributed by atoms with van der Waals surface area (Å²) in [5, 5.41) is 16.1. The molecule has 6 aliphatic rings. The summed E-state index contributed by atoms with van der Waals surface area (Å²) in [4.78, 5) is 29.4. The Morgan fingerprint density at radius 2 is 1.53 bits per heavy atom. The van der Waals surface area contributed by atoms with Crippen molar-refractivity contribution in [1.29, 1.82) is 0 Å². The summed E-state index contributed by atoms with van der Waals surface area (Å²) in [6.45, 7) is 3.99. The van der Waals surface area contributed by atoms with Crippen molar-refractivity contribution < 1.29 is 18.1 Å². The van der Waals surface area contributed by atoms with Gasteiger partial charge in [-0.15, -0.1) is 0 Å². The molecule has 5 saturated carbocycles. The highest BCUT2D eigenvalue weighted by atomic mass is 32.2. The van der Waals surface area contributed by atoms with Gasteiger partial charge in [0.15, 0.2) is 0 Å². The van der Waals surface area contributed by atoms with Crippen molar-refractivity contribution in [1.82, 2.24) is 9.62 Å². The van der Waals surface area contributed by atoms with Gasteiger partial charge >= 0.3 is 5.69 Å². The van der Waals surface area contributed by atoms with Crippen LogP contribution in [-0.2, 0) is 10.0 Å². The van der Waals surface area contributed by atoms with Crippen LogP contribution in [0.1, 0.15) is 87.4 Å². The van der Waals surface area contributed by atoms with Crippen molar-refractivity contribution in [2.24, 2.45) is 29.1 Å². The molecule has 254 valence electrons. The van der Waals surface area contributed by atoms with Gasteiger partial charge in [-0.25, -0.2) is 13.1 Å². The molecule has 1 aliphatic heterocycles. The summed E-state index contributed by atoms with van der Waals surface area (Å²) in [5.41, 5.74) is 0.843. The lowest BCUT2D eigenvalue weighted by atomic mass is 9.49. The lowest BCUT2D eigenvalue weighted by Gasteiger charge is -2.57. The Labute approximate surface area is 278 Å². The minimum absolute atomic E-state index is 0.0674. The lowest BCUT2D eigenvalue weighted by molar-refractivity contribution is -0.383. The molecule has 11 heteroatoms. The second kappa shape index (κ2) is 13.4. The lowest BCUT2D eigenvalue weighted by Crippen LogP contribution is -2.50. The Morgan fingerprint density at radius 3 is 2.15 bits per heavy atom. The summed E-state index contributed by atoms with van der Waals surface area (Å²) in [6, 6.07) is 11.1. The molecule has 4 bridgehead atoms. The molecule has 0 unspecified atom stereocenters. The molecule has 0 radical (unpaired) electrons. The highest BCUT2D eigenvalue weighted by Gasteiger charge is 2.50. The number of nitro benzene ring substituents is 1. The number of nitro groups is 1. The van der Waals surface area contributed by atoms with Crippen LogP contribution < -0.4 is 14.9 Å². The molecular weight excluding hydrogens is 614 g/mol. The highest BCUT2D eigenvalue weighted by Crippen LogP contribution is 2.61. The third-order valence-corrected chi connectivity index (χ3v) is 13.3. The first-order valence-corrected chi connectivity index (χ1v) is 19.3. The largest absolute Gasteiger partial charge is 0.379 e. The maximum atomic E-state index is 13.8. The molecule has 2 aromatic rings. The minimum atomic E-state index is -4.43. The standard InChI is InChI=1S/C36H49N5O5S/c42-35(30-9-5-2-6-10-30)38-47(45,46)32-12-11-31(37-25-26-7-3-1-4-8-26)33(41(43)44)34(32)40-17-15-39(16-18-40)14-13-36-22-27-19-28(23-36)21-29(20-27)24-36/h2,5-6,9-12,26-29,37H,1,3-4,7-8,13-25H2,(H,38,42). The second-order valence-electron chi connectivity index (χ2n) is 15.2. The van der Waals surface area contributed by atoms with Crippen LogP contribution in [0.5, 0.6) is 0 Å². The van der Waals surface area contributed by atoms with E-state index in [1.54, 1.807) is 18.2 Å². The number of carbonyl (C=O) groups excluding carboxylic acids is 1. The third-order valence-electron chi connectivity index (χ3n) is 12.0. The SMILES string of the molecule is O=C(NS(=O)(=O)c1ccc(NCC2CCCCC2)c([N+](=O)[O-])c1N1CCN(CCC23CC4CC(CC(C4)C2)C3)CC1)c1ccccc1. The van der Waals surface area contributed by atoms with Crippen molar-refractivity contribution in [3.63, 3.8) is 0 Å². The Morgan fingerprint density at radius 1 is 0.894 bits per heavy atom. The number of nitrogens with one attached hydrogen (secondary N) is 2. The highest BCUT2D eigenvalue weighted by molar-refractivity contribution is 7.90. The van der Waals surface area contributed by atoms with Crippen LogP contribution in [0.3, 0.4) is 0 Å². The maximum Gasteiger partial charge on any atom is 0.316 e. The van der Waals surface area contributed by atoms with E-state index in [0.717, 1.165) is 50.0 Å². The zero-order valence-electron chi connectivity index (χ0n) is 27.4. The molecule has 2 N–H and O–H groups in total. The molecule has 8 rings (SSSR count). The van der Waals surface area contributed by atoms with Gasteiger partial charge in [-0.2, -0.15) is 0 Å². The number of hydrogen-bond donors (Lipinski definition) is 2. The molecule has 1 saturated heterocycles. The molecule has 0 atom stereocenters. The molecular formula is C36H49N5O5S. The van der Waals surface area contributed by atoms with Crippen LogP contribution in [-0.4, -0.2) is 63.4 Å². The molecule has 5 aliphatic carbocycles. The normalized spacial score (nSPS) is 27.9. The van der Waals surface area contributed by atoms with Crippen molar-refractivity contribution >= 4 is 33.0 Å². The number of nitrogens with zero attached hydrogens (tertiary/aromatic N) is 3. The predicted molar refractivity (Wildman–Crippen MR) is 183 cm³/mol. The Hall–Kier alpha value is -3.18. The number of benzene rings is 2. The van der Waals surface area contributed by atoms with Crippen molar-refractivity contribution in [2.75, 3.05) is 49.5 Å². The molecule has 47 heavy (non-hydrogen) atoms. The first kappa shape index (κ1) is 32.4. The Kier molecular flexibility index (Phi) is 9.21. The maximum absolute atomic E-state index is 13.8. The number of carbonyl (C=O) groups is 1. The van der Waals surface area contributed by atoms with Gasteiger partial charge in [-0.05, 0) is 118 Å². The quantitative estimate of drug-likeness (QED) is 0.208. The number of rotatable bonds is 11. The zero-order valence-corrected chi connectivity index (χ0v) is 28.2. The van der Waals surface area contributed by atoms with Gasteiger partial charge in [0.05, 0.1) is 4.92 Å². The number of amides is 1. The van der Waals surface area contributed by atoms with E-state index < -0.39 is 20.9 Å². The Balaban J connectivity index is 1.12. The summed E-state index contributed by atoms with van der Waals surface area (Å²) in [6.07, 6.45) is 15.3. The Bertz CT molecular complexity index is 1530. The van der Waals surface area contributed by atoms with E-state index in [0.29, 0.717) is 49.7 Å². The number of anilines is 2. The van der Waals surface area contributed by atoms with Gasteiger partial charge in [0, 0.05) is 38.3 Å². The van der Waals surface area contributed by atoms with Gasteiger partial charge in [-0.1, -0.05) is 37.5 Å². The molecule has 1 amide bonds. The molecule has 2 aromatic carbocycles. The van der Waals surface area contributed by atoms with E-state index in [1.165, 1.54) is 75.6 Å². The van der Waals surface area contributed by atoms with Crippen LogP contribution in [0.4, 0.5) is 17.1 Å². The van der Waals surface area contributed by atoms with E-state index in [-0.39, 0.29) is 21.8 Å². The smallest absolute Gasteiger partial charge is 0.316 e. The van der Waals surface area contributed by atoms with E-state index >= 15 is 0 Å². The van der Waals surface area contributed by atoms with Crippen molar-refractivity contribution in [3.05, 3.63) is 58.1 Å². The molecule has 10 nitrogen and oxygen atoms in total. The van der Waals surface area contributed by atoms with Gasteiger partial charge in [0.1, 0.15) is 16.3 Å². The first-order valence-electron chi connectivity index (χ1n) is 17.8. The molecule has 1 heterocycles. The van der Waals surface area contributed by atoms with Crippen molar-refractivity contribution in [3.8, 4) is 0 Å². The molecule has 0 spiro atoms. The van der Waals surface area contributed by atoms with Crippen LogP contribution in [0, 0.1) is 39.2 Å². The van der Waals surface area contributed by atoms with E-state index in [1.807, 2.05) is 4.90 Å². The van der Waals surface area contributed by atoms with Gasteiger partial charge in [0.2, 0.25) is 0 Å². The average molecular weight is 664 g/mol. The van der Waals surface area contributed by atoms with E-state index in [2.05, 4.69) is 14.9 Å². The van der Waals surface area contributed by atoms with E-state index in [9.17, 15) is 23.3 Å². The van der Waals surface area contributed by atoms with Gasteiger partial charge in [0.25, 0.3) is 15.9 Å². The zero-order chi connectivity index (χ0) is 32.6. The summed E-state index contributed by atoms with van der Waals surface area (Å²) in [5.74, 6) is 2.41. The van der Waals surface area contributed by atoms with Crippen LogP contribution in [0.2, 0.25) is 0 Å². The predicted octanol–water partition coefficient (Wildman–Crippen LogP) is 6.43. The summed E-state index contributed by atoms with van der Waals surface area (Å²) >= 11 is 0.